The number of anilines is 2. The predicted molar refractivity (Wildman–Crippen MR) is 130 cm³/mol. The summed E-state index contributed by atoms with van der Waals surface area (Å²) in [6, 6.07) is 13.7. The number of ether oxygens (including phenoxy) is 2. The Hall–Kier alpha value is -3.40. The first-order chi connectivity index (χ1) is 16.5. The molecule has 2 N–H and O–H groups in total. The van der Waals surface area contributed by atoms with Gasteiger partial charge in [-0.25, -0.2) is 4.68 Å². The van der Waals surface area contributed by atoms with Crippen LogP contribution in [0.4, 0.5) is 11.4 Å². The highest BCUT2D eigenvalue weighted by atomic mass is 35.5. The second kappa shape index (κ2) is 11.1. The Morgan fingerprint density at radius 1 is 1.18 bits per heavy atom. The molecule has 0 radical (unpaired) electrons. The van der Waals surface area contributed by atoms with E-state index in [4.69, 9.17) is 21.1 Å². The van der Waals surface area contributed by atoms with E-state index in [1.54, 1.807) is 55.6 Å². The van der Waals surface area contributed by atoms with Crippen molar-refractivity contribution in [2.75, 3.05) is 44.7 Å². The van der Waals surface area contributed by atoms with Gasteiger partial charge >= 0.3 is 0 Å². The summed E-state index contributed by atoms with van der Waals surface area (Å²) in [5, 5.41) is 10.7. The Morgan fingerprint density at radius 3 is 2.71 bits per heavy atom. The first-order valence-corrected chi connectivity index (χ1v) is 11.3. The zero-order chi connectivity index (χ0) is 23.9. The molecule has 0 unspecified atom stereocenters. The van der Waals surface area contributed by atoms with Gasteiger partial charge in [-0.1, -0.05) is 17.7 Å². The number of rotatable bonds is 8. The summed E-state index contributed by atoms with van der Waals surface area (Å²) in [5.41, 5.74) is 0.896. The van der Waals surface area contributed by atoms with Crippen molar-refractivity contribution in [1.29, 1.82) is 0 Å². The molecule has 2 heterocycles. The van der Waals surface area contributed by atoms with E-state index < -0.39 is 0 Å². The van der Waals surface area contributed by atoms with Crippen LogP contribution in [-0.4, -0.2) is 60.0 Å². The topological polar surface area (TPSA) is 97.7 Å². The lowest BCUT2D eigenvalue weighted by molar-refractivity contribution is 0.0383. The van der Waals surface area contributed by atoms with Crippen molar-refractivity contribution in [2.45, 2.75) is 0 Å². The number of hydrogen-bond acceptors (Lipinski definition) is 7. The monoisotopic (exact) mass is 483 g/mol. The minimum Gasteiger partial charge on any atom is -0.453 e. The number of halogens is 1. The molecule has 4 rings (SSSR count). The summed E-state index contributed by atoms with van der Waals surface area (Å²) < 4.78 is 12.4. The maximum atomic E-state index is 12.8. The van der Waals surface area contributed by atoms with E-state index >= 15 is 0 Å². The molecule has 3 aromatic rings. The third-order valence-corrected chi connectivity index (χ3v) is 5.61. The fourth-order valence-corrected chi connectivity index (χ4v) is 3.61. The van der Waals surface area contributed by atoms with E-state index in [2.05, 4.69) is 20.6 Å². The normalized spacial score (nSPS) is 13.9. The van der Waals surface area contributed by atoms with Crippen molar-refractivity contribution in [1.82, 2.24) is 20.0 Å². The van der Waals surface area contributed by atoms with Gasteiger partial charge in [0.25, 0.3) is 11.5 Å². The van der Waals surface area contributed by atoms with E-state index in [9.17, 15) is 9.59 Å². The quantitative estimate of drug-likeness (QED) is 0.508. The lowest BCUT2D eigenvalue weighted by Gasteiger charge is -2.26. The van der Waals surface area contributed by atoms with Crippen LogP contribution >= 0.6 is 11.6 Å². The summed E-state index contributed by atoms with van der Waals surface area (Å²) >= 11 is 5.94. The first-order valence-electron chi connectivity index (χ1n) is 10.9. The molecule has 0 atom stereocenters. The number of hydrogen-bond donors (Lipinski definition) is 2. The molecule has 1 aliphatic rings. The second-order valence-corrected chi connectivity index (χ2v) is 8.22. The molecule has 10 heteroatoms. The van der Waals surface area contributed by atoms with Crippen molar-refractivity contribution in [3.63, 3.8) is 0 Å². The van der Waals surface area contributed by atoms with Crippen LogP contribution in [0.1, 0.15) is 10.4 Å². The zero-order valence-corrected chi connectivity index (χ0v) is 19.5. The molecular weight excluding hydrogens is 458 g/mol. The molecule has 2 aromatic carbocycles. The average molecular weight is 484 g/mol. The summed E-state index contributed by atoms with van der Waals surface area (Å²) in [4.78, 5) is 27.7. The molecule has 0 bridgehead atoms. The Bertz CT molecular complexity index is 1190. The maximum absolute atomic E-state index is 12.8. The van der Waals surface area contributed by atoms with Crippen LogP contribution in [0.5, 0.6) is 11.5 Å². The van der Waals surface area contributed by atoms with E-state index in [1.807, 2.05) is 0 Å². The van der Waals surface area contributed by atoms with Crippen LogP contribution < -0.4 is 20.9 Å². The molecule has 0 spiro atoms. The van der Waals surface area contributed by atoms with Gasteiger partial charge in [-0.2, -0.15) is 5.10 Å². The Labute approximate surface area is 202 Å². The number of nitrogens with one attached hydrogen (secondary N) is 2. The van der Waals surface area contributed by atoms with Gasteiger partial charge in [0.15, 0.2) is 11.4 Å². The standard InChI is InChI=1S/C24H26ClN5O4/c1-29-24(32)22(21(16-27-29)34-20-7-5-18(25)6-8-20)28-19-4-2-3-17(15-19)23(31)26-9-10-30-11-13-33-14-12-30/h2-8,15-16,28H,9-14H2,1H3,(H,26,31). The number of carbonyl (C=O) groups is 1. The number of carbonyl (C=O) groups excluding carboxylic acids is 1. The highest BCUT2D eigenvalue weighted by molar-refractivity contribution is 6.30. The van der Waals surface area contributed by atoms with Gasteiger partial charge in [-0.15, -0.1) is 0 Å². The molecule has 9 nitrogen and oxygen atoms in total. The molecule has 1 fully saturated rings. The summed E-state index contributed by atoms with van der Waals surface area (Å²) in [7, 11) is 1.55. The Morgan fingerprint density at radius 2 is 1.94 bits per heavy atom. The van der Waals surface area contributed by atoms with Crippen LogP contribution in [0, 0.1) is 0 Å². The predicted octanol–water partition coefficient (Wildman–Crippen LogP) is 3.03. The lowest BCUT2D eigenvalue weighted by Crippen LogP contribution is -2.41. The van der Waals surface area contributed by atoms with Gasteiger partial charge in [0, 0.05) is 49.5 Å². The number of aromatic nitrogens is 2. The van der Waals surface area contributed by atoms with Gasteiger partial charge in [0.2, 0.25) is 0 Å². The first kappa shape index (κ1) is 23.7. The third kappa shape index (κ3) is 6.13. The summed E-state index contributed by atoms with van der Waals surface area (Å²) in [6.45, 7) is 4.50. The Kier molecular flexibility index (Phi) is 7.79. The van der Waals surface area contributed by atoms with E-state index in [-0.39, 0.29) is 22.9 Å². The van der Waals surface area contributed by atoms with Crippen molar-refractivity contribution in [2.24, 2.45) is 7.05 Å². The second-order valence-electron chi connectivity index (χ2n) is 7.78. The van der Waals surface area contributed by atoms with Crippen LogP contribution in [0.25, 0.3) is 0 Å². The largest absolute Gasteiger partial charge is 0.453 e. The molecule has 1 aliphatic heterocycles. The van der Waals surface area contributed by atoms with Crippen molar-refractivity contribution in [3.05, 3.63) is 75.7 Å². The smallest absolute Gasteiger partial charge is 0.294 e. The van der Waals surface area contributed by atoms with Crippen LogP contribution in [0.2, 0.25) is 5.02 Å². The minimum absolute atomic E-state index is 0.183. The van der Waals surface area contributed by atoms with Crippen molar-refractivity contribution >= 4 is 28.9 Å². The highest BCUT2D eigenvalue weighted by Gasteiger charge is 2.15. The molecular formula is C24H26ClN5O4. The molecule has 0 saturated carbocycles. The maximum Gasteiger partial charge on any atom is 0.294 e. The molecule has 34 heavy (non-hydrogen) atoms. The number of morpholine rings is 1. The highest BCUT2D eigenvalue weighted by Crippen LogP contribution is 2.29. The van der Waals surface area contributed by atoms with E-state index in [0.717, 1.165) is 32.8 Å². The molecule has 178 valence electrons. The molecule has 0 aliphatic carbocycles. The lowest BCUT2D eigenvalue weighted by atomic mass is 10.2. The van der Waals surface area contributed by atoms with Gasteiger partial charge in [-0.05, 0) is 42.5 Å². The molecule has 1 saturated heterocycles. The average Bonchev–Trinajstić information content (AvgIpc) is 2.86. The van der Waals surface area contributed by atoms with Gasteiger partial charge in [-0.3, -0.25) is 14.5 Å². The fraction of sp³-hybridized carbons (Fsp3) is 0.292. The molecule has 1 aromatic heterocycles. The SMILES string of the molecule is Cn1ncc(Oc2ccc(Cl)cc2)c(Nc2cccc(C(=O)NCCN3CCOCC3)c2)c1=O. The zero-order valence-electron chi connectivity index (χ0n) is 18.8. The van der Waals surface area contributed by atoms with Gasteiger partial charge in [0.05, 0.1) is 19.4 Å². The number of aryl methyl sites for hydroxylation is 1. The molecule has 1 amide bonds. The minimum atomic E-state index is -0.369. The van der Waals surface area contributed by atoms with Crippen LogP contribution in [-0.2, 0) is 11.8 Å². The number of amides is 1. The van der Waals surface area contributed by atoms with Crippen LogP contribution in [0.15, 0.2) is 59.5 Å². The number of nitrogens with zero attached hydrogens (tertiary/aromatic N) is 3. The third-order valence-electron chi connectivity index (χ3n) is 5.36. The Balaban J connectivity index is 1.46. The van der Waals surface area contributed by atoms with Crippen LogP contribution in [0.3, 0.4) is 0 Å². The van der Waals surface area contributed by atoms with Crippen molar-refractivity contribution < 1.29 is 14.3 Å². The fourth-order valence-electron chi connectivity index (χ4n) is 3.48. The summed E-state index contributed by atoms with van der Waals surface area (Å²) in [5.74, 6) is 0.582. The van der Waals surface area contributed by atoms with Gasteiger partial charge in [0.1, 0.15) is 5.75 Å². The van der Waals surface area contributed by atoms with Crippen molar-refractivity contribution in [3.8, 4) is 11.5 Å². The summed E-state index contributed by atoms with van der Waals surface area (Å²) in [6.07, 6.45) is 1.46. The number of benzene rings is 2. The van der Waals surface area contributed by atoms with E-state index in [1.165, 1.54) is 10.9 Å². The van der Waals surface area contributed by atoms with E-state index in [0.29, 0.717) is 28.6 Å². The van der Waals surface area contributed by atoms with Gasteiger partial charge < -0.3 is 20.1 Å².